The molecule has 96 valence electrons. The molecule has 2 unspecified atom stereocenters. The van der Waals surface area contributed by atoms with Crippen LogP contribution in [0.5, 0.6) is 5.75 Å². The third kappa shape index (κ3) is 1.83. The molecular formula is C13H14O4S. The average molecular weight is 266 g/mol. The van der Waals surface area contributed by atoms with Crippen molar-refractivity contribution in [3.05, 3.63) is 29.3 Å². The van der Waals surface area contributed by atoms with Crippen LogP contribution < -0.4 is 4.74 Å². The van der Waals surface area contributed by atoms with Gasteiger partial charge in [-0.2, -0.15) is 0 Å². The van der Waals surface area contributed by atoms with Gasteiger partial charge in [-0.1, -0.05) is 0 Å². The zero-order chi connectivity index (χ0) is 12.9. The second-order valence-electron chi connectivity index (χ2n) is 4.97. The Labute approximate surface area is 110 Å². The number of rotatable bonds is 2. The smallest absolute Gasteiger partial charge is 0.246 e. The first-order chi connectivity index (χ1) is 8.53. The molecule has 1 fully saturated rings. The van der Waals surface area contributed by atoms with Crippen molar-refractivity contribution in [2.45, 2.75) is 31.7 Å². The van der Waals surface area contributed by atoms with Gasteiger partial charge < -0.3 is 13.7 Å². The zero-order valence-corrected chi connectivity index (χ0v) is 11.2. The molecule has 3 rings (SSSR count). The van der Waals surface area contributed by atoms with Crippen molar-refractivity contribution in [1.82, 2.24) is 0 Å². The molecule has 0 saturated carbocycles. The van der Waals surface area contributed by atoms with Gasteiger partial charge in [-0.3, -0.25) is 4.79 Å². The van der Waals surface area contributed by atoms with Crippen molar-refractivity contribution in [1.29, 1.82) is 0 Å². The molecule has 2 aliphatic heterocycles. The van der Waals surface area contributed by atoms with Gasteiger partial charge in [0.25, 0.3) is 0 Å². The van der Waals surface area contributed by atoms with E-state index in [0.29, 0.717) is 5.56 Å². The molecule has 2 atom stereocenters. The van der Waals surface area contributed by atoms with Crippen molar-refractivity contribution < 1.29 is 18.5 Å². The Balaban J connectivity index is 1.94. The molecule has 4 nitrogen and oxygen atoms in total. The fraction of sp³-hybridized carbons (Fsp3) is 0.462. The Hall–Kier alpha value is -1.04. The topological polar surface area (TPSA) is 48.1 Å². The molecule has 0 amide bonds. The molecule has 0 N–H and O–H groups in total. The van der Waals surface area contributed by atoms with Gasteiger partial charge in [-0.15, -0.1) is 0 Å². The van der Waals surface area contributed by atoms with E-state index in [9.17, 15) is 4.79 Å². The van der Waals surface area contributed by atoms with Crippen LogP contribution in [0.3, 0.4) is 0 Å². The Morgan fingerprint density at radius 2 is 2.22 bits per heavy atom. The summed E-state index contributed by atoms with van der Waals surface area (Å²) < 4.78 is 16.3. The standard InChI is InChI=1S/C13H14O4S/c1-13(2)11-10(16-11)8-6-7(12(14)18-15-3)4-5-9(8)17-13/h4-6,10-11H,1-3H3. The highest BCUT2D eigenvalue weighted by Gasteiger charge is 2.56. The van der Waals surface area contributed by atoms with E-state index < -0.39 is 0 Å². The van der Waals surface area contributed by atoms with Gasteiger partial charge in [-0.25, -0.2) is 0 Å². The lowest BCUT2D eigenvalue weighted by Crippen LogP contribution is -2.37. The molecule has 1 saturated heterocycles. The van der Waals surface area contributed by atoms with Crippen molar-refractivity contribution >= 4 is 17.2 Å². The Morgan fingerprint density at radius 1 is 1.44 bits per heavy atom. The minimum atomic E-state index is -0.301. The number of carbonyl (C=O) groups is 1. The summed E-state index contributed by atoms with van der Waals surface area (Å²) in [5.41, 5.74) is 1.27. The summed E-state index contributed by atoms with van der Waals surface area (Å²) in [6.07, 6.45) is 0.148. The maximum absolute atomic E-state index is 11.7. The highest BCUT2D eigenvalue weighted by molar-refractivity contribution is 8.10. The maximum Gasteiger partial charge on any atom is 0.246 e. The van der Waals surface area contributed by atoms with Crippen LogP contribution in [0.25, 0.3) is 0 Å². The number of fused-ring (bicyclic) bond motifs is 3. The summed E-state index contributed by atoms with van der Waals surface area (Å²) in [4.78, 5) is 11.7. The summed E-state index contributed by atoms with van der Waals surface area (Å²) in [5, 5.41) is -0.109. The van der Waals surface area contributed by atoms with Crippen LogP contribution >= 0.6 is 12.0 Å². The normalized spacial score (nSPS) is 26.8. The SMILES string of the molecule is COSC(=O)c1ccc2c(c1)C1OC1C(C)(C)O2. The van der Waals surface area contributed by atoms with Crippen LogP contribution in [0.1, 0.15) is 35.9 Å². The number of ether oxygens (including phenoxy) is 2. The predicted octanol–water partition coefficient (Wildman–Crippen LogP) is 2.73. The molecule has 1 aromatic carbocycles. The van der Waals surface area contributed by atoms with E-state index in [1.54, 1.807) is 6.07 Å². The molecule has 0 bridgehead atoms. The Kier molecular flexibility index (Phi) is 2.66. The minimum Gasteiger partial charge on any atom is -0.485 e. The van der Waals surface area contributed by atoms with Gasteiger partial charge in [0.2, 0.25) is 5.12 Å². The third-order valence-electron chi connectivity index (χ3n) is 3.26. The Morgan fingerprint density at radius 3 is 2.94 bits per heavy atom. The Bertz CT molecular complexity index is 512. The maximum atomic E-state index is 11.7. The van der Waals surface area contributed by atoms with Crippen molar-refractivity contribution in [2.75, 3.05) is 7.11 Å². The van der Waals surface area contributed by atoms with Crippen molar-refractivity contribution in [3.8, 4) is 5.75 Å². The van der Waals surface area contributed by atoms with Crippen LogP contribution in [0, 0.1) is 0 Å². The molecule has 0 radical (unpaired) electrons. The minimum absolute atomic E-state index is 0.0593. The summed E-state index contributed by atoms with van der Waals surface area (Å²) in [6.45, 7) is 4.03. The second kappa shape index (κ2) is 3.98. The molecule has 1 aromatic rings. The van der Waals surface area contributed by atoms with Gasteiger partial charge in [0.05, 0.1) is 19.2 Å². The molecule has 0 aromatic heterocycles. The van der Waals surface area contributed by atoms with Crippen LogP contribution in [-0.2, 0) is 8.92 Å². The molecule has 2 heterocycles. The highest BCUT2D eigenvalue weighted by atomic mass is 32.2. The third-order valence-corrected chi connectivity index (χ3v) is 3.81. The van der Waals surface area contributed by atoms with E-state index in [0.717, 1.165) is 23.4 Å². The van der Waals surface area contributed by atoms with Crippen molar-refractivity contribution in [2.24, 2.45) is 0 Å². The first-order valence-electron chi connectivity index (χ1n) is 5.76. The van der Waals surface area contributed by atoms with Gasteiger partial charge in [0, 0.05) is 11.1 Å². The summed E-state index contributed by atoms with van der Waals surface area (Å²) in [6, 6.07) is 5.42. The van der Waals surface area contributed by atoms with Crippen LogP contribution in [0.4, 0.5) is 0 Å². The quantitative estimate of drug-likeness (QED) is 0.608. The second-order valence-corrected chi connectivity index (χ2v) is 5.84. The lowest BCUT2D eigenvalue weighted by atomic mass is 9.93. The number of carbonyl (C=O) groups excluding carboxylic acids is 1. The summed E-state index contributed by atoms with van der Waals surface area (Å²) in [5.74, 6) is 0.803. The van der Waals surface area contributed by atoms with Crippen LogP contribution in [0.15, 0.2) is 18.2 Å². The predicted molar refractivity (Wildman–Crippen MR) is 67.7 cm³/mol. The zero-order valence-electron chi connectivity index (χ0n) is 10.4. The largest absolute Gasteiger partial charge is 0.485 e. The number of epoxide rings is 1. The van der Waals surface area contributed by atoms with Gasteiger partial charge in [-0.05, 0) is 32.0 Å². The fourth-order valence-corrected chi connectivity index (χ4v) is 2.71. The van der Waals surface area contributed by atoms with Crippen LogP contribution in [0.2, 0.25) is 0 Å². The molecule has 5 heteroatoms. The lowest BCUT2D eigenvalue weighted by molar-refractivity contribution is 0.0725. The molecule has 2 aliphatic rings. The average Bonchev–Trinajstić information content (AvgIpc) is 3.09. The molecule has 18 heavy (non-hydrogen) atoms. The van der Waals surface area contributed by atoms with E-state index >= 15 is 0 Å². The van der Waals surface area contributed by atoms with E-state index in [4.69, 9.17) is 13.7 Å². The summed E-state index contributed by atoms with van der Waals surface area (Å²) in [7, 11) is 1.48. The van der Waals surface area contributed by atoms with E-state index in [-0.39, 0.29) is 22.9 Å². The van der Waals surface area contributed by atoms with Gasteiger partial charge in [0.15, 0.2) is 0 Å². The molecule has 0 spiro atoms. The van der Waals surface area contributed by atoms with Crippen molar-refractivity contribution in [3.63, 3.8) is 0 Å². The summed E-state index contributed by atoms with van der Waals surface area (Å²) >= 11 is 0.829. The first kappa shape index (κ1) is 12.0. The molecular weight excluding hydrogens is 252 g/mol. The number of hydrogen-bond acceptors (Lipinski definition) is 5. The van der Waals surface area contributed by atoms with E-state index in [2.05, 4.69) is 0 Å². The fourth-order valence-electron chi connectivity index (χ4n) is 2.33. The first-order valence-corrected chi connectivity index (χ1v) is 6.50. The van der Waals surface area contributed by atoms with E-state index in [1.165, 1.54) is 7.11 Å². The number of hydrogen-bond donors (Lipinski definition) is 0. The van der Waals surface area contributed by atoms with E-state index in [1.807, 2.05) is 26.0 Å². The highest BCUT2D eigenvalue weighted by Crippen LogP contribution is 2.53. The van der Waals surface area contributed by atoms with Gasteiger partial charge >= 0.3 is 0 Å². The molecule has 0 aliphatic carbocycles. The number of benzene rings is 1. The van der Waals surface area contributed by atoms with Crippen LogP contribution in [-0.4, -0.2) is 23.9 Å². The monoisotopic (exact) mass is 266 g/mol. The van der Waals surface area contributed by atoms with Gasteiger partial charge in [0.1, 0.15) is 23.6 Å². The lowest BCUT2D eigenvalue weighted by Gasteiger charge is -2.29.